The van der Waals surface area contributed by atoms with E-state index in [0.717, 1.165) is 35.9 Å². The smallest absolute Gasteiger partial charge is 0.264 e. The van der Waals surface area contributed by atoms with Crippen molar-refractivity contribution in [3.63, 3.8) is 0 Å². The molecule has 1 atom stereocenters. The van der Waals surface area contributed by atoms with Gasteiger partial charge in [-0.05, 0) is 30.0 Å². The second kappa shape index (κ2) is 5.30. The monoisotopic (exact) mass is 283 g/mol. The summed E-state index contributed by atoms with van der Waals surface area (Å²) < 4.78 is 26.9. The third-order valence-electron chi connectivity index (χ3n) is 3.19. The van der Waals surface area contributed by atoms with E-state index >= 15 is 0 Å². The van der Waals surface area contributed by atoms with E-state index in [4.69, 9.17) is 4.18 Å². The van der Waals surface area contributed by atoms with Crippen LogP contribution in [0.4, 0.5) is 5.69 Å². The lowest BCUT2D eigenvalue weighted by atomic mass is 10.0. The van der Waals surface area contributed by atoms with E-state index in [9.17, 15) is 13.2 Å². The summed E-state index contributed by atoms with van der Waals surface area (Å²) in [4.78, 5) is 11.1. The summed E-state index contributed by atoms with van der Waals surface area (Å²) in [5.41, 5.74) is 2.96. The van der Waals surface area contributed by atoms with E-state index in [-0.39, 0.29) is 18.4 Å². The fourth-order valence-corrected chi connectivity index (χ4v) is 2.84. The molecule has 0 radical (unpaired) electrons. The normalized spacial score (nSPS) is 18.1. The molecular weight excluding hydrogens is 266 g/mol. The number of carbonyl (C=O) groups excluding carboxylic acids is 1. The average Bonchev–Trinajstić information content (AvgIpc) is 2.69. The molecule has 1 amide bonds. The molecule has 0 fully saturated rings. The van der Waals surface area contributed by atoms with Gasteiger partial charge in [0.1, 0.15) is 0 Å². The van der Waals surface area contributed by atoms with Crippen LogP contribution < -0.4 is 5.32 Å². The van der Waals surface area contributed by atoms with Gasteiger partial charge in [0.05, 0.1) is 12.9 Å². The molecule has 2 rings (SSSR count). The van der Waals surface area contributed by atoms with Crippen molar-refractivity contribution >= 4 is 21.7 Å². The SMILES string of the molecule is CC(=O)Nc1cccc2c1CCC2COS(C)(=O)=O. The second-order valence-electron chi connectivity index (χ2n) is 4.78. The number of carbonyl (C=O) groups is 1. The topological polar surface area (TPSA) is 72.5 Å². The molecule has 0 saturated heterocycles. The van der Waals surface area contributed by atoms with Crippen molar-refractivity contribution in [2.75, 3.05) is 18.2 Å². The average molecular weight is 283 g/mol. The van der Waals surface area contributed by atoms with E-state index < -0.39 is 10.1 Å². The molecule has 1 aromatic carbocycles. The number of benzene rings is 1. The van der Waals surface area contributed by atoms with Gasteiger partial charge in [0, 0.05) is 18.5 Å². The predicted molar refractivity (Wildman–Crippen MR) is 72.6 cm³/mol. The summed E-state index contributed by atoms with van der Waals surface area (Å²) in [5.74, 6) is -0.0392. The van der Waals surface area contributed by atoms with Crippen LogP contribution >= 0.6 is 0 Å². The van der Waals surface area contributed by atoms with Crippen molar-refractivity contribution in [2.45, 2.75) is 25.7 Å². The zero-order chi connectivity index (χ0) is 14.0. The first-order valence-electron chi connectivity index (χ1n) is 6.10. The summed E-state index contributed by atoms with van der Waals surface area (Å²) in [5, 5.41) is 2.80. The van der Waals surface area contributed by atoms with Gasteiger partial charge in [-0.25, -0.2) is 0 Å². The van der Waals surface area contributed by atoms with Crippen LogP contribution in [0.25, 0.3) is 0 Å². The Morgan fingerprint density at radius 3 is 2.84 bits per heavy atom. The number of rotatable bonds is 4. The summed E-state index contributed by atoms with van der Waals surface area (Å²) >= 11 is 0. The van der Waals surface area contributed by atoms with E-state index in [1.165, 1.54) is 6.92 Å². The van der Waals surface area contributed by atoms with Crippen LogP contribution in [-0.2, 0) is 25.5 Å². The van der Waals surface area contributed by atoms with Gasteiger partial charge in [-0.3, -0.25) is 8.98 Å². The third-order valence-corrected chi connectivity index (χ3v) is 3.75. The highest BCUT2D eigenvalue weighted by Crippen LogP contribution is 2.37. The largest absolute Gasteiger partial charge is 0.326 e. The maximum atomic E-state index is 11.1. The number of fused-ring (bicyclic) bond motifs is 1. The maximum absolute atomic E-state index is 11.1. The van der Waals surface area contributed by atoms with Crippen molar-refractivity contribution in [3.05, 3.63) is 29.3 Å². The van der Waals surface area contributed by atoms with Crippen molar-refractivity contribution in [2.24, 2.45) is 0 Å². The first-order chi connectivity index (χ1) is 8.87. The molecule has 1 aliphatic carbocycles. The zero-order valence-electron chi connectivity index (χ0n) is 11.0. The number of anilines is 1. The quantitative estimate of drug-likeness (QED) is 0.853. The Morgan fingerprint density at radius 2 is 2.21 bits per heavy atom. The number of hydrogen-bond donors (Lipinski definition) is 1. The molecule has 0 bridgehead atoms. The Labute approximate surface area is 113 Å². The fraction of sp³-hybridized carbons (Fsp3) is 0.462. The van der Waals surface area contributed by atoms with Gasteiger partial charge < -0.3 is 5.32 Å². The van der Waals surface area contributed by atoms with Crippen LogP contribution in [0.5, 0.6) is 0 Å². The molecule has 1 aliphatic rings. The van der Waals surface area contributed by atoms with E-state index in [0.29, 0.717) is 0 Å². The van der Waals surface area contributed by atoms with Crippen molar-refractivity contribution in [1.29, 1.82) is 0 Å². The van der Waals surface area contributed by atoms with Gasteiger partial charge in [-0.2, -0.15) is 8.42 Å². The van der Waals surface area contributed by atoms with Crippen molar-refractivity contribution < 1.29 is 17.4 Å². The van der Waals surface area contributed by atoms with Gasteiger partial charge >= 0.3 is 0 Å². The lowest BCUT2D eigenvalue weighted by Crippen LogP contribution is -2.11. The first kappa shape index (κ1) is 14.0. The summed E-state index contributed by atoms with van der Waals surface area (Å²) in [6, 6.07) is 5.69. The third kappa shape index (κ3) is 3.54. The molecule has 0 heterocycles. The van der Waals surface area contributed by atoms with Gasteiger partial charge in [0.2, 0.25) is 5.91 Å². The molecule has 1 aromatic rings. The number of hydrogen-bond acceptors (Lipinski definition) is 4. The van der Waals surface area contributed by atoms with E-state index in [1.54, 1.807) is 0 Å². The van der Waals surface area contributed by atoms with Crippen LogP contribution in [-0.4, -0.2) is 27.2 Å². The van der Waals surface area contributed by atoms with Gasteiger partial charge in [-0.15, -0.1) is 0 Å². The van der Waals surface area contributed by atoms with Crippen LogP contribution in [0.3, 0.4) is 0 Å². The molecule has 5 nitrogen and oxygen atoms in total. The summed E-state index contributed by atoms with van der Waals surface area (Å²) in [6.07, 6.45) is 2.71. The Morgan fingerprint density at radius 1 is 1.47 bits per heavy atom. The highest BCUT2D eigenvalue weighted by Gasteiger charge is 2.26. The Bertz CT molecular complexity index is 595. The molecule has 0 spiro atoms. The molecule has 104 valence electrons. The number of amides is 1. The van der Waals surface area contributed by atoms with Crippen molar-refractivity contribution in [1.82, 2.24) is 0 Å². The maximum Gasteiger partial charge on any atom is 0.264 e. The molecule has 0 aliphatic heterocycles. The van der Waals surface area contributed by atoms with E-state index in [1.807, 2.05) is 18.2 Å². The lowest BCUT2D eigenvalue weighted by molar-refractivity contribution is -0.114. The zero-order valence-corrected chi connectivity index (χ0v) is 11.8. The van der Waals surface area contributed by atoms with Gasteiger partial charge in [0.25, 0.3) is 10.1 Å². The predicted octanol–water partition coefficient (Wildman–Crippen LogP) is 1.65. The molecule has 6 heteroatoms. The highest BCUT2D eigenvalue weighted by molar-refractivity contribution is 7.85. The van der Waals surface area contributed by atoms with Gasteiger partial charge in [-0.1, -0.05) is 12.1 Å². The van der Waals surface area contributed by atoms with Crippen LogP contribution in [0, 0.1) is 0 Å². The Balaban J connectivity index is 2.18. The minimum absolute atomic E-state index is 0.0680. The first-order valence-corrected chi connectivity index (χ1v) is 7.92. The minimum Gasteiger partial charge on any atom is -0.326 e. The highest BCUT2D eigenvalue weighted by atomic mass is 32.2. The van der Waals surface area contributed by atoms with Crippen LogP contribution in [0.2, 0.25) is 0 Å². The molecule has 19 heavy (non-hydrogen) atoms. The summed E-state index contributed by atoms with van der Waals surface area (Å²) in [6.45, 7) is 1.63. The molecular formula is C13H17NO4S. The lowest BCUT2D eigenvalue weighted by Gasteiger charge is -2.12. The standard InChI is InChI=1S/C13H17NO4S/c1-9(15)14-13-5-3-4-11-10(6-7-12(11)13)8-18-19(2,16)17/h3-5,10H,6-8H2,1-2H3,(H,14,15). The molecule has 1 unspecified atom stereocenters. The minimum atomic E-state index is -3.41. The Hall–Kier alpha value is -1.40. The molecule has 1 N–H and O–H groups in total. The second-order valence-corrected chi connectivity index (χ2v) is 6.42. The number of nitrogens with one attached hydrogen (secondary N) is 1. The molecule has 0 saturated carbocycles. The van der Waals surface area contributed by atoms with Crippen LogP contribution in [0.15, 0.2) is 18.2 Å². The van der Waals surface area contributed by atoms with Crippen LogP contribution in [0.1, 0.15) is 30.4 Å². The Kier molecular flexibility index (Phi) is 3.91. The molecule has 0 aromatic heterocycles. The fourth-order valence-electron chi connectivity index (χ4n) is 2.43. The summed E-state index contributed by atoms with van der Waals surface area (Å²) in [7, 11) is -3.41. The van der Waals surface area contributed by atoms with Crippen molar-refractivity contribution in [3.8, 4) is 0 Å². The van der Waals surface area contributed by atoms with Gasteiger partial charge in [0.15, 0.2) is 0 Å². The van der Waals surface area contributed by atoms with E-state index in [2.05, 4.69) is 5.32 Å².